The van der Waals surface area contributed by atoms with Gasteiger partial charge in [-0.05, 0) is 17.7 Å². The van der Waals surface area contributed by atoms with Crippen LogP contribution in [-0.2, 0) is 11.3 Å². The van der Waals surface area contributed by atoms with Gasteiger partial charge in [-0.2, -0.15) is 0 Å². The maximum absolute atomic E-state index is 12.7. The number of nitrogens with zero attached hydrogens (tertiary/aromatic N) is 2. The Morgan fingerprint density at radius 3 is 2.32 bits per heavy atom. The topological polar surface area (TPSA) is 78.3 Å². The number of carbonyl (C=O) groups excluding carboxylic acids is 3. The van der Waals surface area contributed by atoms with Crippen LogP contribution in [0.4, 0.5) is 4.79 Å². The Labute approximate surface area is 142 Å². The van der Waals surface area contributed by atoms with Crippen molar-refractivity contribution < 1.29 is 19.1 Å². The minimum absolute atomic E-state index is 0.00654. The van der Waals surface area contributed by atoms with Gasteiger partial charge in [-0.1, -0.05) is 30.3 Å². The fraction of sp³-hybridized carbons (Fsp3) is 0.0526. The molecule has 1 heterocycles. The number of hydrogen-bond donors (Lipinski definition) is 0. The van der Waals surface area contributed by atoms with Gasteiger partial charge in [-0.15, -0.1) is 0 Å². The van der Waals surface area contributed by atoms with Crippen LogP contribution in [0.3, 0.4) is 0 Å². The number of ether oxygens (including phenoxy) is 1. The van der Waals surface area contributed by atoms with Gasteiger partial charge in [0.1, 0.15) is 12.9 Å². The molecular weight excluding hydrogens is 320 g/mol. The zero-order valence-electron chi connectivity index (χ0n) is 13.0. The summed E-state index contributed by atoms with van der Waals surface area (Å²) in [6.07, 6.45) is 3.73. The predicted molar refractivity (Wildman–Crippen MR) is 87.6 cm³/mol. The van der Waals surface area contributed by atoms with Gasteiger partial charge in [0.2, 0.25) is 0 Å². The van der Waals surface area contributed by atoms with Crippen LogP contribution >= 0.6 is 0 Å². The monoisotopic (exact) mass is 332 g/mol. The van der Waals surface area contributed by atoms with E-state index in [-0.39, 0.29) is 18.2 Å². The molecule has 0 aliphatic heterocycles. The average Bonchev–Trinajstić information content (AvgIpc) is 3.19. The number of ketones is 2. The van der Waals surface area contributed by atoms with Crippen molar-refractivity contribution in [3.8, 4) is 0 Å². The smallest absolute Gasteiger partial charge is 0.419 e. The number of rotatable bonds is 2. The third-order valence-electron chi connectivity index (χ3n) is 4.07. The first-order valence-electron chi connectivity index (χ1n) is 7.61. The molecule has 2 aromatic carbocycles. The molecule has 6 heteroatoms. The summed E-state index contributed by atoms with van der Waals surface area (Å²) in [7, 11) is 0. The van der Waals surface area contributed by atoms with Crippen LogP contribution in [0, 0.1) is 0 Å². The minimum Gasteiger partial charge on any atom is -0.444 e. The summed E-state index contributed by atoms with van der Waals surface area (Å²) in [5, 5.41) is 0. The highest BCUT2D eigenvalue weighted by Gasteiger charge is 2.29. The van der Waals surface area contributed by atoms with Crippen LogP contribution in [0.15, 0.2) is 61.2 Å². The van der Waals surface area contributed by atoms with Crippen molar-refractivity contribution in [2.75, 3.05) is 0 Å². The predicted octanol–water partition coefficient (Wildman–Crippen LogP) is 2.84. The second-order valence-electron chi connectivity index (χ2n) is 5.61. The van der Waals surface area contributed by atoms with Crippen LogP contribution in [0.2, 0.25) is 0 Å². The molecule has 0 saturated heterocycles. The number of fused-ring (bicyclic) bond motifs is 2. The summed E-state index contributed by atoms with van der Waals surface area (Å²) in [5.74, 6) is -0.375. The zero-order chi connectivity index (χ0) is 17.4. The fourth-order valence-electron chi connectivity index (χ4n) is 2.82. The van der Waals surface area contributed by atoms with E-state index in [1.54, 1.807) is 42.5 Å². The van der Waals surface area contributed by atoms with Crippen LogP contribution in [0.1, 0.15) is 37.4 Å². The lowest BCUT2D eigenvalue weighted by atomic mass is 9.83. The van der Waals surface area contributed by atoms with E-state index in [1.165, 1.54) is 23.3 Å². The lowest BCUT2D eigenvalue weighted by Gasteiger charge is -2.18. The van der Waals surface area contributed by atoms with Crippen molar-refractivity contribution in [3.05, 3.63) is 89.0 Å². The van der Waals surface area contributed by atoms with Gasteiger partial charge in [0, 0.05) is 34.6 Å². The second kappa shape index (κ2) is 5.83. The molecular formula is C19H12N2O4. The zero-order valence-corrected chi connectivity index (χ0v) is 13.0. The molecule has 0 bridgehead atoms. The minimum atomic E-state index is -0.567. The van der Waals surface area contributed by atoms with E-state index in [1.807, 2.05) is 0 Å². The molecule has 0 N–H and O–H groups in total. The Bertz CT molecular complexity index is 1010. The molecule has 1 aromatic heterocycles. The van der Waals surface area contributed by atoms with Crippen LogP contribution in [-0.4, -0.2) is 27.2 Å². The van der Waals surface area contributed by atoms with E-state index in [0.717, 1.165) is 0 Å². The van der Waals surface area contributed by atoms with E-state index in [2.05, 4.69) is 4.98 Å². The van der Waals surface area contributed by atoms with Crippen LogP contribution < -0.4 is 0 Å². The number of imidazole rings is 1. The van der Waals surface area contributed by atoms with Gasteiger partial charge in [-0.3, -0.25) is 9.59 Å². The summed E-state index contributed by atoms with van der Waals surface area (Å²) in [4.78, 5) is 40.8. The van der Waals surface area contributed by atoms with Crippen LogP contribution in [0.25, 0.3) is 0 Å². The first-order chi connectivity index (χ1) is 12.1. The maximum atomic E-state index is 12.7. The van der Waals surface area contributed by atoms with E-state index < -0.39 is 6.09 Å². The molecule has 3 aromatic rings. The van der Waals surface area contributed by atoms with Crippen molar-refractivity contribution >= 4 is 17.7 Å². The molecule has 122 valence electrons. The molecule has 6 nitrogen and oxygen atoms in total. The Kier molecular flexibility index (Phi) is 3.50. The Hall–Kier alpha value is -3.54. The van der Waals surface area contributed by atoms with E-state index >= 15 is 0 Å². The Morgan fingerprint density at radius 1 is 0.960 bits per heavy atom. The van der Waals surface area contributed by atoms with Gasteiger partial charge in [0.25, 0.3) is 0 Å². The highest BCUT2D eigenvalue weighted by molar-refractivity contribution is 6.28. The maximum Gasteiger partial charge on any atom is 0.419 e. The molecule has 0 unspecified atom stereocenters. The Morgan fingerprint density at radius 2 is 1.64 bits per heavy atom. The summed E-state index contributed by atoms with van der Waals surface area (Å²) >= 11 is 0. The van der Waals surface area contributed by atoms with E-state index in [9.17, 15) is 14.4 Å². The highest BCUT2D eigenvalue weighted by Crippen LogP contribution is 2.28. The summed E-state index contributed by atoms with van der Waals surface area (Å²) in [5.41, 5.74) is 2.15. The lowest BCUT2D eigenvalue weighted by molar-refractivity contribution is 0.0978. The largest absolute Gasteiger partial charge is 0.444 e. The van der Waals surface area contributed by atoms with Gasteiger partial charge in [0.15, 0.2) is 11.6 Å². The molecule has 0 spiro atoms. The quantitative estimate of drug-likeness (QED) is 0.564. The van der Waals surface area contributed by atoms with Gasteiger partial charge < -0.3 is 4.74 Å². The first-order valence-corrected chi connectivity index (χ1v) is 7.61. The van der Waals surface area contributed by atoms with E-state index in [4.69, 9.17) is 4.74 Å². The normalized spacial score (nSPS) is 12.5. The molecule has 1 aliphatic rings. The van der Waals surface area contributed by atoms with Crippen molar-refractivity contribution in [2.24, 2.45) is 0 Å². The summed E-state index contributed by atoms with van der Waals surface area (Å²) in [6.45, 7) is -0.00654. The molecule has 0 fully saturated rings. The Balaban J connectivity index is 1.61. The molecule has 0 atom stereocenters. The molecule has 1 aliphatic carbocycles. The van der Waals surface area contributed by atoms with Gasteiger partial charge in [-0.25, -0.2) is 14.3 Å². The third kappa shape index (κ3) is 2.53. The fourth-order valence-corrected chi connectivity index (χ4v) is 2.82. The number of hydrogen-bond acceptors (Lipinski definition) is 5. The number of benzene rings is 2. The molecule has 0 amide bonds. The second-order valence-corrected chi connectivity index (χ2v) is 5.61. The first kappa shape index (κ1) is 15.0. The third-order valence-corrected chi connectivity index (χ3v) is 4.07. The highest BCUT2D eigenvalue weighted by atomic mass is 16.5. The summed E-state index contributed by atoms with van der Waals surface area (Å²) < 4.78 is 6.39. The van der Waals surface area contributed by atoms with Crippen molar-refractivity contribution in [1.82, 2.24) is 9.55 Å². The molecule has 0 saturated carbocycles. The molecule has 25 heavy (non-hydrogen) atoms. The molecule has 4 rings (SSSR count). The standard InChI is InChI=1S/C19H12N2O4/c22-17-13-3-1-2-4-14(13)18(23)16-9-12(5-6-15(16)17)10-25-19(24)21-8-7-20-11-21/h1-9,11H,10H2. The van der Waals surface area contributed by atoms with Crippen LogP contribution in [0.5, 0.6) is 0 Å². The number of aromatic nitrogens is 2. The van der Waals surface area contributed by atoms with Gasteiger partial charge in [0.05, 0.1) is 0 Å². The average molecular weight is 332 g/mol. The van der Waals surface area contributed by atoms with Crippen molar-refractivity contribution in [1.29, 1.82) is 0 Å². The van der Waals surface area contributed by atoms with Crippen molar-refractivity contribution in [3.63, 3.8) is 0 Å². The number of carbonyl (C=O) groups is 3. The van der Waals surface area contributed by atoms with Crippen molar-refractivity contribution in [2.45, 2.75) is 6.61 Å². The van der Waals surface area contributed by atoms with Gasteiger partial charge >= 0.3 is 6.09 Å². The SMILES string of the molecule is O=C1c2ccccc2C(=O)c2cc(COC(=O)n3ccnc3)ccc21. The molecule has 0 radical (unpaired) electrons. The summed E-state index contributed by atoms with van der Waals surface area (Å²) in [6, 6.07) is 11.6. The lowest BCUT2D eigenvalue weighted by Crippen LogP contribution is -2.21. The van der Waals surface area contributed by atoms with E-state index in [0.29, 0.717) is 27.8 Å².